The number of hydrogen-bond donors (Lipinski definition) is 0. The van der Waals surface area contributed by atoms with Crippen molar-refractivity contribution in [1.82, 2.24) is 14.5 Å². The Bertz CT molecular complexity index is 3140. The average molecular weight is 669 g/mol. The van der Waals surface area contributed by atoms with Gasteiger partial charge in [-0.1, -0.05) is 91.0 Å². The highest BCUT2D eigenvalue weighted by Gasteiger charge is 2.23. The zero-order valence-electron chi connectivity index (χ0n) is 27.8. The Kier molecular flexibility index (Phi) is 6.15. The third-order valence-corrected chi connectivity index (χ3v) is 10.0. The van der Waals surface area contributed by atoms with E-state index < -0.39 is 0 Å². The molecule has 6 heteroatoms. The summed E-state index contributed by atoms with van der Waals surface area (Å²) in [6.45, 7) is 0. The van der Waals surface area contributed by atoms with E-state index in [4.69, 9.17) is 18.8 Å². The Morgan fingerprint density at radius 1 is 0.462 bits per heavy atom. The second-order valence-corrected chi connectivity index (χ2v) is 13.0. The summed E-state index contributed by atoms with van der Waals surface area (Å²) in [5.41, 5.74) is 11.1. The van der Waals surface area contributed by atoms with Crippen molar-refractivity contribution in [1.29, 1.82) is 0 Å². The van der Waals surface area contributed by atoms with Crippen LogP contribution in [0.5, 0.6) is 0 Å². The monoisotopic (exact) mass is 668 g/mol. The molecule has 0 saturated carbocycles. The molecule has 0 aliphatic heterocycles. The number of hydrogen-bond acceptors (Lipinski definition) is 5. The van der Waals surface area contributed by atoms with Crippen LogP contribution in [0.4, 0.5) is 17.1 Å². The van der Waals surface area contributed by atoms with Gasteiger partial charge in [0.05, 0.1) is 22.9 Å². The Morgan fingerprint density at radius 2 is 1.12 bits per heavy atom. The van der Waals surface area contributed by atoms with E-state index in [9.17, 15) is 0 Å². The molecular weight excluding hydrogens is 641 g/mol. The number of fused-ring (bicyclic) bond motifs is 9. The van der Waals surface area contributed by atoms with E-state index in [0.717, 1.165) is 94.1 Å². The molecule has 52 heavy (non-hydrogen) atoms. The van der Waals surface area contributed by atoms with Crippen molar-refractivity contribution in [3.05, 3.63) is 170 Å². The van der Waals surface area contributed by atoms with Crippen molar-refractivity contribution >= 4 is 82.9 Å². The second kappa shape index (κ2) is 11.2. The molecule has 0 aliphatic rings. The van der Waals surface area contributed by atoms with E-state index in [2.05, 4.69) is 131 Å². The van der Waals surface area contributed by atoms with Crippen LogP contribution in [0.15, 0.2) is 179 Å². The summed E-state index contributed by atoms with van der Waals surface area (Å²) in [5, 5.41) is 5.21. The molecule has 0 unspecified atom stereocenters. The summed E-state index contributed by atoms with van der Waals surface area (Å²) in [7, 11) is 0. The molecule has 244 valence electrons. The van der Waals surface area contributed by atoms with Crippen LogP contribution in [0.25, 0.3) is 82.9 Å². The van der Waals surface area contributed by atoms with Crippen LogP contribution < -0.4 is 4.90 Å². The van der Waals surface area contributed by atoms with Crippen molar-refractivity contribution in [3.8, 4) is 17.1 Å². The molecule has 0 spiro atoms. The predicted molar refractivity (Wildman–Crippen MR) is 211 cm³/mol. The van der Waals surface area contributed by atoms with Gasteiger partial charge in [0.15, 0.2) is 5.82 Å². The standard InChI is InChI=1S/C46H28N4O2/c1-3-13-29(14-4-1)49(31-23-24-42-36(25-31)33-17-8-11-21-40(33)51-42)32-26-37(44-35-19-9-12-22-41(35)52-43(44)27-32)46-47-28-39-45(48-46)34-18-7-10-20-38(34)50(39)30-15-5-2-6-16-30/h1-28H. The van der Waals surface area contributed by atoms with Crippen LogP contribution in [0.1, 0.15) is 0 Å². The van der Waals surface area contributed by atoms with Crippen LogP contribution in [0.2, 0.25) is 0 Å². The smallest absolute Gasteiger partial charge is 0.160 e. The maximum atomic E-state index is 6.61. The summed E-state index contributed by atoms with van der Waals surface area (Å²) in [6.07, 6.45) is 1.96. The van der Waals surface area contributed by atoms with Crippen LogP contribution in [0, 0.1) is 0 Å². The molecule has 0 bridgehead atoms. The predicted octanol–water partition coefficient (Wildman–Crippen LogP) is 12.5. The maximum absolute atomic E-state index is 6.61. The van der Waals surface area contributed by atoms with Crippen LogP contribution >= 0.6 is 0 Å². The third kappa shape index (κ3) is 4.31. The van der Waals surface area contributed by atoms with Crippen molar-refractivity contribution < 1.29 is 8.83 Å². The van der Waals surface area contributed by atoms with Gasteiger partial charge in [-0.05, 0) is 66.7 Å². The van der Waals surface area contributed by atoms with Gasteiger partial charge >= 0.3 is 0 Å². The Hall–Kier alpha value is -7.18. The van der Waals surface area contributed by atoms with E-state index in [1.165, 1.54) is 0 Å². The fourth-order valence-corrected chi connectivity index (χ4v) is 7.74. The fourth-order valence-electron chi connectivity index (χ4n) is 7.74. The quantitative estimate of drug-likeness (QED) is 0.183. The summed E-state index contributed by atoms with van der Waals surface area (Å²) in [6, 6.07) is 56.3. The summed E-state index contributed by atoms with van der Waals surface area (Å²) >= 11 is 0. The molecule has 11 rings (SSSR count). The number of para-hydroxylation sites is 5. The molecule has 0 fully saturated rings. The molecule has 0 atom stereocenters. The number of rotatable bonds is 5. The first-order valence-electron chi connectivity index (χ1n) is 17.3. The van der Waals surface area contributed by atoms with Crippen molar-refractivity contribution in [2.75, 3.05) is 4.90 Å². The Morgan fingerprint density at radius 3 is 1.94 bits per heavy atom. The average Bonchev–Trinajstić information content (AvgIpc) is 3.87. The van der Waals surface area contributed by atoms with Gasteiger partial charge in [0.1, 0.15) is 27.8 Å². The topological polar surface area (TPSA) is 60.2 Å². The van der Waals surface area contributed by atoms with Crippen molar-refractivity contribution in [3.63, 3.8) is 0 Å². The van der Waals surface area contributed by atoms with E-state index in [1.807, 2.05) is 48.7 Å². The summed E-state index contributed by atoms with van der Waals surface area (Å²) < 4.78 is 15.1. The lowest BCUT2D eigenvalue weighted by Crippen LogP contribution is -2.10. The summed E-state index contributed by atoms with van der Waals surface area (Å²) in [5.74, 6) is 0.631. The van der Waals surface area contributed by atoms with Gasteiger partial charge in [-0.2, -0.15) is 0 Å². The molecule has 4 aromatic heterocycles. The number of nitrogens with zero attached hydrogens (tertiary/aromatic N) is 4. The van der Waals surface area contributed by atoms with Gasteiger partial charge in [0.25, 0.3) is 0 Å². The molecule has 11 aromatic rings. The van der Waals surface area contributed by atoms with Crippen LogP contribution in [0.3, 0.4) is 0 Å². The van der Waals surface area contributed by atoms with Gasteiger partial charge in [-0.15, -0.1) is 0 Å². The number of aromatic nitrogens is 3. The Labute approximate surface area is 297 Å². The van der Waals surface area contributed by atoms with Crippen LogP contribution in [-0.2, 0) is 0 Å². The molecule has 7 aromatic carbocycles. The lowest BCUT2D eigenvalue weighted by molar-refractivity contribution is 0.668. The number of anilines is 3. The van der Waals surface area contributed by atoms with E-state index in [0.29, 0.717) is 5.82 Å². The highest BCUT2D eigenvalue weighted by Crippen LogP contribution is 2.44. The lowest BCUT2D eigenvalue weighted by Gasteiger charge is -2.26. The van der Waals surface area contributed by atoms with Crippen molar-refractivity contribution in [2.45, 2.75) is 0 Å². The zero-order chi connectivity index (χ0) is 34.2. The lowest BCUT2D eigenvalue weighted by atomic mass is 10.0. The molecular formula is C46H28N4O2. The van der Waals surface area contributed by atoms with E-state index >= 15 is 0 Å². The number of benzene rings is 7. The van der Waals surface area contributed by atoms with Gasteiger partial charge in [-0.25, -0.2) is 9.97 Å². The minimum absolute atomic E-state index is 0.631. The first-order chi connectivity index (χ1) is 25.8. The molecule has 4 heterocycles. The van der Waals surface area contributed by atoms with Crippen LogP contribution in [-0.4, -0.2) is 14.5 Å². The second-order valence-electron chi connectivity index (χ2n) is 13.0. The normalized spacial score (nSPS) is 11.8. The van der Waals surface area contributed by atoms with Gasteiger partial charge in [-0.3, -0.25) is 0 Å². The minimum atomic E-state index is 0.631. The fraction of sp³-hybridized carbons (Fsp3) is 0. The zero-order valence-corrected chi connectivity index (χ0v) is 27.8. The summed E-state index contributed by atoms with van der Waals surface area (Å²) in [4.78, 5) is 12.7. The molecule has 6 nitrogen and oxygen atoms in total. The van der Waals surface area contributed by atoms with Crippen molar-refractivity contribution in [2.24, 2.45) is 0 Å². The van der Waals surface area contributed by atoms with Gasteiger partial charge < -0.3 is 18.3 Å². The van der Waals surface area contributed by atoms with E-state index in [-0.39, 0.29) is 0 Å². The third-order valence-electron chi connectivity index (χ3n) is 10.0. The highest BCUT2D eigenvalue weighted by atomic mass is 16.3. The molecule has 0 aliphatic carbocycles. The SMILES string of the molecule is c1ccc(N(c2cc(-c3ncc4c(n3)c3ccccc3n4-c3ccccc3)c3c(c2)oc2ccccc23)c2ccc3oc4ccccc4c3c2)cc1. The Balaban J connectivity index is 1.19. The minimum Gasteiger partial charge on any atom is -0.456 e. The molecule has 0 radical (unpaired) electrons. The first kappa shape index (κ1) is 28.6. The van der Waals surface area contributed by atoms with Gasteiger partial charge in [0.2, 0.25) is 0 Å². The first-order valence-corrected chi connectivity index (χ1v) is 17.3. The largest absolute Gasteiger partial charge is 0.456 e. The highest BCUT2D eigenvalue weighted by molar-refractivity contribution is 6.14. The molecule has 0 N–H and O–H groups in total. The molecule has 0 amide bonds. The molecule has 0 saturated heterocycles. The maximum Gasteiger partial charge on any atom is 0.160 e. The van der Waals surface area contributed by atoms with E-state index in [1.54, 1.807) is 0 Å². The number of furan rings is 2. The van der Waals surface area contributed by atoms with Gasteiger partial charge in [0, 0.05) is 55.6 Å².